The van der Waals surface area contributed by atoms with Crippen molar-refractivity contribution in [2.24, 2.45) is 11.8 Å². The fraction of sp³-hybridized carbons (Fsp3) is 0.435. The molecule has 8 nitrogen and oxygen atoms in total. The molecule has 2 saturated carbocycles. The summed E-state index contributed by atoms with van der Waals surface area (Å²) in [5.74, 6) is -4.70. The van der Waals surface area contributed by atoms with Gasteiger partial charge in [0, 0.05) is 42.2 Å². The number of aromatic nitrogens is 1. The molecule has 11 heteroatoms. The van der Waals surface area contributed by atoms with Gasteiger partial charge in [-0.1, -0.05) is 6.07 Å². The van der Waals surface area contributed by atoms with Crippen LogP contribution in [0, 0.1) is 23.5 Å². The third kappa shape index (κ3) is 2.79. The van der Waals surface area contributed by atoms with E-state index in [9.17, 15) is 32.7 Å². The van der Waals surface area contributed by atoms with Crippen LogP contribution in [0.5, 0.6) is 5.75 Å². The highest BCUT2D eigenvalue weighted by molar-refractivity contribution is 5.99. The smallest absolute Gasteiger partial charge is 0.276 e. The van der Waals surface area contributed by atoms with Gasteiger partial charge in [-0.05, 0) is 19.4 Å². The number of amides is 2. The lowest BCUT2D eigenvalue weighted by Crippen LogP contribution is -2.59. The minimum Gasteiger partial charge on any atom is -0.503 e. The van der Waals surface area contributed by atoms with Gasteiger partial charge in [0.2, 0.25) is 5.43 Å². The number of pyridine rings is 1. The fourth-order valence-electron chi connectivity index (χ4n) is 6.01. The van der Waals surface area contributed by atoms with E-state index in [0.717, 1.165) is 18.3 Å². The molecule has 3 fully saturated rings. The minimum absolute atomic E-state index is 0.00682. The second-order valence-electron chi connectivity index (χ2n) is 9.49. The van der Waals surface area contributed by atoms with Crippen LogP contribution < -0.4 is 10.7 Å². The number of benzene rings is 1. The average molecular weight is 475 g/mol. The van der Waals surface area contributed by atoms with Crippen molar-refractivity contribution >= 4 is 11.8 Å². The van der Waals surface area contributed by atoms with Crippen molar-refractivity contribution < 1.29 is 32.6 Å². The summed E-state index contributed by atoms with van der Waals surface area (Å²) in [5, 5.41) is 12.9. The lowest BCUT2D eigenvalue weighted by atomic mass is 9.99. The quantitative estimate of drug-likeness (QED) is 0.704. The molecule has 1 saturated heterocycles. The average Bonchev–Trinajstić information content (AvgIpc) is 3.20. The van der Waals surface area contributed by atoms with Crippen molar-refractivity contribution in [2.75, 3.05) is 0 Å². The van der Waals surface area contributed by atoms with Crippen LogP contribution in [-0.4, -0.2) is 50.4 Å². The van der Waals surface area contributed by atoms with E-state index in [1.165, 1.54) is 16.4 Å². The van der Waals surface area contributed by atoms with E-state index >= 15 is 0 Å². The molecule has 2 unspecified atom stereocenters. The van der Waals surface area contributed by atoms with Crippen LogP contribution >= 0.6 is 0 Å². The topological polar surface area (TPSA) is 101 Å². The highest BCUT2D eigenvalue weighted by Crippen LogP contribution is 2.67. The molecule has 0 radical (unpaired) electrons. The van der Waals surface area contributed by atoms with Gasteiger partial charge in [0.1, 0.15) is 22.9 Å². The van der Waals surface area contributed by atoms with Crippen LogP contribution in [0.4, 0.5) is 13.2 Å². The first-order valence-corrected chi connectivity index (χ1v) is 10.9. The lowest BCUT2D eigenvalue weighted by molar-refractivity contribution is -0.153. The second kappa shape index (κ2) is 6.84. The maximum atomic E-state index is 14.7. The molecule has 2 aliphatic carbocycles. The van der Waals surface area contributed by atoms with Crippen molar-refractivity contribution in [2.45, 2.75) is 50.5 Å². The Hall–Kier alpha value is -3.34. The molecule has 4 aliphatic rings. The molecular weight excluding hydrogens is 455 g/mol. The van der Waals surface area contributed by atoms with E-state index in [1.807, 2.05) is 0 Å². The zero-order valence-corrected chi connectivity index (χ0v) is 17.9. The SMILES string of the molecule is CC1(F)[C@@H]2[C@H]1[C@@H]1C[C@H]2OC2Cn3cc(C(=O)NCc4ccc(F)cc4F)c(=O)c(O)c3C(=O)N21. The molecule has 34 heavy (non-hydrogen) atoms. The van der Waals surface area contributed by atoms with Crippen LogP contribution in [0.3, 0.4) is 0 Å². The monoisotopic (exact) mass is 475 g/mol. The first kappa shape index (κ1) is 21.2. The van der Waals surface area contributed by atoms with Crippen LogP contribution in [0.2, 0.25) is 0 Å². The van der Waals surface area contributed by atoms with Crippen LogP contribution in [-0.2, 0) is 17.8 Å². The number of nitrogens with one attached hydrogen (secondary N) is 1. The number of alkyl halides is 1. The Bertz CT molecular complexity index is 1330. The summed E-state index contributed by atoms with van der Waals surface area (Å²) in [6.45, 7) is 1.23. The fourth-order valence-corrected chi connectivity index (χ4v) is 6.01. The molecule has 178 valence electrons. The van der Waals surface area contributed by atoms with Crippen LogP contribution in [0.1, 0.15) is 39.8 Å². The summed E-state index contributed by atoms with van der Waals surface area (Å²) in [5.41, 5.74) is -3.19. The van der Waals surface area contributed by atoms with Crippen LogP contribution in [0.15, 0.2) is 29.2 Å². The van der Waals surface area contributed by atoms with Gasteiger partial charge in [-0.25, -0.2) is 13.2 Å². The van der Waals surface area contributed by atoms with Crippen molar-refractivity contribution in [1.29, 1.82) is 0 Å². The summed E-state index contributed by atoms with van der Waals surface area (Å²) in [6, 6.07) is 2.49. The van der Waals surface area contributed by atoms with E-state index in [2.05, 4.69) is 5.32 Å². The first-order chi connectivity index (χ1) is 16.1. The zero-order chi connectivity index (χ0) is 24.1. The maximum absolute atomic E-state index is 14.7. The number of ether oxygens (including phenoxy) is 1. The number of fused-ring (bicyclic) bond motifs is 8. The Morgan fingerprint density at radius 1 is 1.29 bits per heavy atom. The lowest BCUT2D eigenvalue weighted by Gasteiger charge is -2.46. The highest BCUT2D eigenvalue weighted by Gasteiger charge is 2.76. The third-order valence-corrected chi connectivity index (χ3v) is 7.61. The molecule has 1 aromatic carbocycles. The van der Waals surface area contributed by atoms with Gasteiger partial charge in [-0.2, -0.15) is 0 Å². The summed E-state index contributed by atoms with van der Waals surface area (Å²) in [6.07, 6.45) is 0.631. The predicted molar refractivity (Wildman–Crippen MR) is 110 cm³/mol. The summed E-state index contributed by atoms with van der Waals surface area (Å²) in [4.78, 5) is 40.1. The van der Waals surface area contributed by atoms with Crippen molar-refractivity contribution in [3.63, 3.8) is 0 Å². The van der Waals surface area contributed by atoms with E-state index < -0.39 is 52.1 Å². The maximum Gasteiger partial charge on any atom is 0.276 e. The number of hydrogen-bond acceptors (Lipinski definition) is 5. The van der Waals surface area contributed by atoms with Gasteiger partial charge in [0.05, 0.1) is 12.6 Å². The number of aromatic hydroxyl groups is 1. The molecule has 2 amide bonds. The normalized spacial score (nSPS) is 32.6. The Morgan fingerprint density at radius 3 is 2.79 bits per heavy atom. The van der Waals surface area contributed by atoms with Gasteiger partial charge in [-0.15, -0.1) is 0 Å². The molecule has 0 spiro atoms. The standard InChI is InChI=1S/C23H20F3N3O5/c1-23(26)16-13-5-14(17(16)23)34-15-8-28-7-11(19(30)20(31)18(28)22(33)29(13)15)21(32)27-6-9-2-3-10(24)4-12(9)25/h2-4,7,13-17,31H,5-6,8H2,1H3,(H,27,32)/t13-,14+,15?,16+,17-,23?/m0/s1. The number of rotatable bonds is 3. The number of halogens is 3. The Morgan fingerprint density at radius 2 is 2.06 bits per heavy atom. The molecule has 1 aromatic heterocycles. The Balaban J connectivity index is 1.29. The summed E-state index contributed by atoms with van der Waals surface area (Å²) in [7, 11) is 0. The first-order valence-electron chi connectivity index (χ1n) is 10.9. The second-order valence-corrected chi connectivity index (χ2v) is 9.49. The molecule has 2 aromatic rings. The zero-order valence-electron chi connectivity index (χ0n) is 17.9. The molecule has 2 bridgehead atoms. The molecule has 2 N–H and O–H groups in total. The van der Waals surface area contributed by atoms with E-state index in [0.29, 0.717) is 12.5 Å². The van der Waals surface area contributed by atoms with Gasteiger partial charge in [-0.3, -0.25) is 14.4 Å². The number of nitrogens with zero attached hydrogens (tertiary/aromatic N) is 2. The van der Waals surface area contributed by atoms with Crippen molar-refractivity contribution in [1.82, 2.24) is 14.8 Å². The number of hydrogen-bond donors (Lipinski definition) is 2. The van der Waals surface area contributed by atoms with Crippen LogP contribution in [0.25, 0.3) is 0 Å². The Labute approximate surface area is 190 Å². The van der Waals surface area contributed by atoms with Gasteiger partial charge < -0.3 is 24.6 Å². The molecule has 3 heterocycles. The van der Waals surface area contributed by atoms with Crippen molar-refractivity contribution in [3.05, 3.63) is 63.1 Å². The van der Waals surface area contributed by atoms with Gasteiger partial charge in [0.15, 0.2) is 17.7 Å². The largest absolute Gasteiger partial charge is 0.503 e. The molecular formula is C23H20F3N3O5. The predicted octanol–water partition coefficient (Wildman–Crippen LogP) is 1.69. The van der Waals surface area contributed by atoms with Gasteiger partial charge >= 0.3 is 0 Å². The molecule has 6 rings (SSSR count). The highest BCUT2D eigenvalue weighted by atomic mass is 19.1. The Kier molecular flexibility index (Phi) is 4.27. The minimum atomic E-state index is -1.41. The molecule has 6 atom stereocenters. The van der Waals surface area contributed by atoms with E-state index in [1.54, 1.807) is 0 Å². The van der Waals surface area contributed by atoms with E-state index in [4.69, 9.17) is 4.74 Å². The van der Waals surface area contributed by atoms with Gasteiger partial charge in [0.25, 0.3) is 11.8 Å². The van der Waals surface area contributed by atoms with Crippen molar-refractivity contribution in [3.8, 4) is 5.75 Å². The summed E-state index contributed by atoms with van der Waals surface area (Å²) >= 11 is 0. The van der Waals surface area contributed by atoms with E-state index in [-0.39, 0.29) is 48.3 Å². The number of carbonyl (C=O) groups is 2. The number of carbonyl (C=O) groups excluding carboxylic acids is 2. The third-order valence-electron chi connectivity index (χ3n) is 7.61. The summed E-state index contributed by atoms with van der Waals surface area (Å²) < 4.78 is 48.9. The molecule has 2 aliphatic heterocycles.